The first-order chi connectivity index (χ1) is 15.9. The Hall–Kier alpha value is -2.82. The summed E-state index contributed by atoms with van der Waals surface area (Å²) in [6, 6.07) is 10.6. The number of urea groups is 1. The number of hydrogen-bond acceptors (Lipinski definition) is 6. The molecule has 8 nitrogen and oxygen atoms in total. The molecule has 0 aliphatic rings. The van der Waals surface area contributed by atoms with Crippen LogP contribution in [0.2, 0.25) is 10.0 Å². The Morgan fingerprint density at radius 1 is 1.12 bits per heavy atom. The summed E-state index contributed by atoms with van der Waals surface area (Å²) in [7, 11) is 0. The van der Waals surface area contributed by atoms with Gasteiger partial charge in [0.15, 0.2) is 11.0 Å². The lowest BCUT2D eigenvalue weighted by molar-refractivity contribution is -0.141. The minimum Gasteiger partial charge on any atom is -0.465 e. The molecular formula is C21H20Cl2FN5O3S. The number of hydrogen-bond donors (Lipinski definition) is 2. The standard InChI is InChI=1S/C21H20Cl2FN5O3S/c1-2-32-19(30)11-26-20(31)25-10-18-27-28-21(33-12-13-3-6-15(24)7-4-13)29(18)17-8-5-14(22)9-16(17)23/h3-9H,2,10-12H2,1H3,(H2,25,26,31). The Kier molecular flexibility index (Phi) is 8.93. The monoisotopic (exact) mass is 511 g/mol. The number of thioether (sulfide) groups is 1. The molecule has 174 valence electrons. The smallest absolute Gasteiger partial charge is 0.325 e. The summed E-state index contributed by atoms with van der Waals surface area (Å²) in [5.74, 6) is 0.0710. The van der Waals surface area contributed by atoms with E-state index in [1.165, 1.54) is 23.9 Å². The predicted molar refractivity (Wildman–Crippen MR) is 124 cm³/mol. The van der Waals surface area contributed by atoms with E-state index in [4.69, 9.17) is 27.9 Å². The fourth-order valence-corrected chi connectivity index (χ4v) is 4.14. The summed E-state index contributed by atoms with van der Waals surface area (Å²) in [4.78, 5) is 23.5. The van der Waals surface area contributed by atoms with E-state index in [9.17, 15) is 14.0 Å². The Morgan fingerprint density at radius 2 is 1.88 bits per heavy atom. The molecule has 0 aliphatic carbocycles. The minimum atomic E-state index is -0.569. The van der Waals surface area contributed by atoms with Crippen LogP contribution in [0.5, 0.6) is 0 Å². The average Bonchev–Trinajstić information content (AvgIpc) is 3.18. The van der Waals surface area contributed by atoms with E-state index >= 15 is 0 Å². The van der Waals surface area contributed by atoms with Crippen molar-refractivity contribution >= 4 is 47.0 Å². The molecule has 33 heavy (non-hydrogen) atoms. The van der Waals surface area contributed by atoms with Gasteiger partial charge < -0.3 is 15.4 Å². The van der Waals surface area contributed by atoms with Crippen molar-refractivity contribution < 1.29 is 18.7 Å². The van der Waals surface area contributed by atoms with Gasteiger partial charge in [0, 0.05) is 10.8 Å². The number of nitrogens with zero attached hydrogens (tertiary/aromatic N) is 3. The fourth-order valence-electron chi connectivity index (χ4n) is 2.73. The number of esters is 1. The van der Waals surface area contributed by atoms with Crippen LogP contribution in [0, 0.1) is 5.82 Å². The molecule has 0 saturated heterocycles. The van der Waals surface area contributed by atoms with Gasteiger partial charge in [-0.15, -0.1) is 10.2 Å². The number of aromatic nitrogens is 3. The van der Waals surface area contributed by atoms with Gasteiger partial charge in [-0.1, -0.05) is 47.1 Å². The maximum Gasteiger partial charge on any atom is 0.325 e. The SMILES string of the molecule is CCOC(=O)CNC(=O)NCc1nnc(SCc2ccc(F)cc2)n1-c1ccc(Cl)cc1Cl. The van der Waals surface area contributed by atoms with Crippen LogP contribution in [0.15, 0.2) is 47.6 Å². The van der Waals surface area contributed by atoms with Gasteiger partial charge in [-0.05, 0) is 42.8 Å². The molecule has 0 saturated carbocycles. The van der Waals surface area contributed by atoms with Crippen LogP contribution in [-0.4, -0.2) is 39.9 Å². The molecule has 12 heteroatoms. The Morgan fingerprint density at radius 3 is 2.58 bits per heavy atom. The zero-order valence-electron chi connectivity index (χ0n) is 17.5. The van der Waals surface area contributed by atoms with E-state index in [1.807, 2.05) is 0 Å². The predicted octanol–water partition coefficient (Wildman–Crippen LogP) is 4.37. The summed E-state index contributed by atoms with van der Waals surface area (Å²) >= 11 is 13.8. The third kappa shape index (κ3) is 7.08. The molecule has 0 fully saturated rings. The lowest BCUT2D eigenvalue weighted by Crippen LogP contribution is -2.39. The molecule has 0 aliphatic heterocycles. The molecule has 2 amide bonds. The largest absolute Gasteiger partial charge is 0.465 e. The normalized spacial score (nSPS) is 10.7. The quantitative estimate of drug-likeness (QED) is 0.327. The maximum absolute atomic E-state index is 13.2. The van der Waals surface area contributed by atoms with Gasteiger partial charge in [-0.3, -0.25) is 9.36 Å². The number of carbonyl (C=O) groups is 2. The van der Waals surface area contributed by atoms with Crippen molar-refractivity contribution in [3.8, 4) is 5.69 Å². The van der Waals surface area contributed by atoms with Gasteiger partial charge in [-0.2, -0.15) is 0 Å². The van der Waals surface area contributed by atoms with Crippen LogP contribution in [0.1, 0.15) is 18.3 Å². The van der Waals surface area contributed by atoms with E-state index in [0.717, 1.165) is 5.56 Å². The highest BCUT2D eigenvalue weighted by Crippen LogP contribution is 2.30. The number of rotatable bonds is 9. The highest BCUT2D eigenvalue weighted by molar-refractivity contribution is 7.98. The van der Waals surface area contributed by atoms with E-state index < -0.39 is 12.0 Å². The van der Waals surface area contributed by atoms with Gasteiger partial charge in [0.1, 0.15) is 12.4 Å². The van der Waals surface area contributed by atoms with Crippen LogP contribution in [0.3, 0.4) is 0 Å². The molecule has 0 spiro atoms. The van der Waals surface area contributed by atoms with Crippen molar-refractivity contribution in [3.63, 3.8) is 0 Å². The van der Waals surface area contributed by atoms with E-state index in [1.54, 1.807) is 41.8 Å². The first-order valence-electron chi connectivity index (χ1n) is 9.81. The number of benzene rings is 2. The number of amides is 2. The molecule has 2 aromatic carbocycles. The molecular weight excluding hydrogens is 492 g/mol. The molecule has 3 aromatic rings. The minimum absolute atomic E-state index is 0.0116. The summed E-state index contributed by atoms with van der Waals surface area (Å²) in [6.07, 6.45) is 0. The highest BCUT2D eigenvalue weighted by Gasteiger charge is 2.18. The van der Waals surface area contributed by atoms with Crippen molar-refractivity contribution in [3.05, 3.63) is 69.7 Å². The fraction of sp³-hybridized carbons (Fsp3) is 0.238. The van der Waals surface area contributed by atoms with E-state index in [0.29, 0.717) is 32.5 Å². The lowest BCUT2D eigenvalue weighted by Gasteiger charge is -2.13. The molecule has 3 rings (SSSR count). The first-order valence-corrected chi connectivity index (χ1v) is 11.6. The topological polar surface area (TPSA) is 98.1 Å². The highest BCUT2D eigenvalue weighted by atomic mass is 35.5. The van der Waals surface area contributed by atoms with Gasteiger partial charge in [0.2, 0.25) is 0 Å². The second-order valence-corrected chi connectivity index (χ2v) is 8.37. The summed E-state index contributed by atoms with van der Waals surface area (Å²) in [5, 5.41) is 14.8. The molecule has 0 unspecified atom stereocenters. The molecule has 0 atom stereocenters. The van der Waals surface area contributed by atoms with E-state index in [2.05, 4.69) is 20.8 Å². The van der Waals surface area contributed by atoms with Gasteiger partial charge >= 0.3 is 12.0 Å². The second kappa shape index (κ2) is 11.9. The van der Waals surface area contributed by atoms with Crippen molar-refractivity contribution in [2.45, 2.75) is 24.4 Å². The average molecular weight is 512 g/mol. The van der Waals surface area contributed by atoms with Crippen molar-refractivity contribution in [1.82, 2.24) is 25.4 Å². The molecule has 0 bridgehead atoms. The van der Waals surface area contributed by atoms with Crippen LogP contribution < -0.4 is 10.6 Å². The zero-order chi connectivity index (χ0) is 23.8. The van der Waals surface area contributed by atoms with Gasteiger partial charge in [-0.25, -0.2) is 9.18 Å². The number of carbonyl (C=O) groups excluding carboxylic acids is 2. The van der Waals surface area contributed by atoms with Crippen molar-refractivity contribution in [2.75, 3.05) is 13.2 Å². The second-order valence-electron chi connectivity index (χ2n) is 6.59. The summed E-state index contributed by atoms with van der Waals surface area (Å²) in [6.45, 7) is 1.66. The van der Waals surface area contributed by atoms with Crippen molar-refractivity contribution in [1.29, 1.82) is 0 Å². The zero-order valence-corrected chi connectivity index (χ0v) is 19.8. The summed E-state index contributed by atoms with van der Waals surface area (Å²) < 4.78 is 19.7. The van der Waals surface area contributed by atoms with Crippen LogP contribution in [-0.2, 0) is 21.8 Å². The molecule has 1 heterocycles. The van der Waals surface area contributed by atoms with Gasteiger partial charge in [0.05, 0.1) is 23.9 Å². The third-order valence-electron chi connectivity index (χ3n) is 4.24. The number of nitrogens with one attached hydrogen (secondary N) is 2. The van der Waals surface area contributed by atoms with E-state index in [-0.39, 0.29) is 25.5 Å². The summed E-state index contributed by atoms with van der Waals surface area (Å²) in [5.41, 5.74) is 1.48. The Bertz CT molecular complexity index is 1130. The Balaban J connectivity index is 1.77. The van der Waals surface area contributed by atoms with Crippen molar-refractivity contribution in [2.24, 2.45) is 0 Å². The number of ether oxygens (including phenoxy) is 1. The molecule has 2 N–H and O–H groups in total. The third-order valence-corrected chi connectivity index (χ3v) is 5.78. The lowest BCUT2D eigenvalue weighted by atomic mass is 10.2. The first kappa shape index (κ1) is 24.8. The van der Waals surface area contributed by atoms with Crippen LogP contribution >= 0.6 is 35.0 Å². The van der Waals surface area contributed by atoms with Gasteiger partial charge in [0.25, 0.3) is 0 Å². The van der Waals surface area contributed by atoms with Crippen LogP contribution in [0.25, 0.3) is 5.69 Å². The maximum atomic E-state index is 13.2. The molecule has 0 radical (unpaired) electrons. The Labute approximate surface area is 203 Å². The molecule has 1 aromatic heterocycles. The number of halogens is 3. The van der Waals surface area contributed by atoms with Crippen LogP contribution in [0.4, 0.5) is 9.18 Å².